The smallest absolute Gasteiger partial charge is 0.325 e. The molecule has 3 rings (SSSR count). The van der Waals surface area contributed by atoms with Crippen molar-refractivity contribution in [3.63, 3.8) is 0 Å². The molecule has 2 N–H and O–H groups in total. The molecule has 1 spiro atoms. The SMILES string of the molecule is C[C@H]1CC(C)(C)C[C@@]2(C1)NC(=O)N(CC(=O)Nc1ccc(Cl)cc1)C2=O. The Morgan fingerprint density at radius 2 is 1.92 bits per heavy atom. The van der Waals surface area contributed by atoms with Crippen LogP contribution in [-0.4, -0.2) is 34.8 Å². The normalized spacial score (nSPS) is 27.5. The second kappa shape index (κ2) is 6.58. The lowest BCUT2D eigenvalue weighted by Gasteiger charge is -2.43. The molecule has 1 saturated heterocycles. The van der Waals surface area contributed by atoms with Gasteiger partial charge in [0.1, 0.15) is 12.1 Å². The summed E-state index contributed by atoms with van der Waals surface area (Å²) in [5.41, 5.74) is -0.366. The summed E-state index contributed by atoms with van der Waals surface area (Å²) in [7, 11) is 0. The summed E-state index contributed by atoms with van der Waals surface area (Å²) in [6, 6.07) is 6.15. The Morgan fingerprint density at radius 3 is 2.54 bits per heavy atom. The van der Waals surface area contributed by atoms with Gasteiger partial charge in [0.15, 0.2) is 0 Å². The lowest BCUT2D eigenvalue weighted by molar-refractivity contribution is -0.136. The molecule has 6 nitrogen and oxygen atoms in total. The highest BCUT2D eigenvalue weighted by Crippen LogP contribution is 2.46. The molecule has 140 valence electrons. The molecule has 2 fully saturated rings. The summed E-state index contributed by atoms with van der Waals surface area (Å²) in [6.07, 6.45) is 2.20. The van der Waals surface area contributed by atoms with Crippen molar-refractivity contribution >= 4 is 35.1 Å². The predicted octanol–water partition coefficient (Wildman–Crippen LogP) is 3.42. The average molecular weight is 378 g/mol. The number of nitrogens with one attached hydrogen (secondary N) is 2. The van der Waals surface area contributed by atoms with Gasteiger partial charge in [0.2, 0.25) is 5.91 Å². The molecule has 1 aromatic rings. The zero-order valence-corrected chi connectivity index (χ0v) is 16.0. The van der Waals surface area contributed by atoms with E-state index in [4.69, 9.17) is 11.6 Å². The highest BCUT2D eigenvalue weighted by atomic mass is 35.5. The van der Waals surface area contributed by atoms with Gasteiger partial charge in [-0.25, -0.2) is 4.79 Å². The number of benzene rings is 1. The number of hydrogen-bond acceptors (Lipinski definition) is 3. The highest BCUT2D eigenvalue weighted by molar-refractivity contribution is 6.30. The van der Waals surface area contributed by atoms with Crippen LogP contribution in [0, 0.1) is 11.3 Å². The van der Waals surface area contributed by atoms with Crippen LogP contribution < -0.4 is 10.6 Å². The molecule has 0 unspecified atom stereocenters. The minimum Gasteiger partial charge on any atom is -0.325 e. The number of nitrogens with zero attached hydrogens (tertiary/aromatic N) is 1. The number of amides is 4. The zero-order valence-electron chi connectivity index (χ0n) is 15.3. The van der Waals surface area contributed by atoms with Crippen LogP contribution >= 0.6 is 11.6 Å². The molecule has 0 aromatic heterocycles. The van der Waals surface area contributed by atoms with E-state index in [-0.39, 0.29) is 17.9 Å². The fourth-order valence-electron chi connectivity index (χ4n) is 4.53. The molecule has 0 radical (unpaired) electrons. The fourth-order valence-corrected chi connectivity index (χ4v) is 4.65. The Bertz CT molecular complexity index is 747. The van der Waals surface area contributed by atoms with Crippen molar-refractivity contribution in [3.05, 3.63) is 29.3 Å². The van der Waals surface area contributed by atoms with Gasteiger partial charge in [-0.1, -0.05) is 32.4 Å². The first-order valence-corrected chi connectivity index (χ1v) is 9.18. The van der Waals surface area contributed by atoms with Crippen LogP contribution in [-0.2, 0) is 9.59 Å². The van der Waals surface area contributed by atoms with E-state index in [1.165, 1.54) is 0 Å². The average Bonchev–Trinajstić information content (AvgIpc) is 2.71. The van der Waals surface area contributed by atoms with E-state index >= 15 is 0 Å². The van der Waals surface area contributed by atoms with Crippen LogP contribution in [0.5, 0.6) is 0 Å². The monoisotopic (exact) mass is 377 g/mol. The molecule has 7 heteroatoms. The van der Waals surface area contributed by atoms with Gasteiger partial charge in [0, 0.05) is 10.7 Å². The molecule has 4 amide bonds. The molecule has 1 aliphatic carbocycles. The van der Waals surface area contributed by atoms with Gasteiger partial charge in [-0.15, -0.1) is 0 Å². The van der Waals surface area contributed by atoms with Crippen LogP contribution in [0.4, 0.5) is 10.5 Å². The third kappa shape index (κ3) is 3.70. The zero-order chi connectivity index (χ0) is 19.1. The number of carbonyl (C=O) groups excluding carboxylic acids is 3. The van der Waals surface area contributed by atoms with Crippen molar-refractivity contribution in [1.82, 2.24) is 10.2 Å². The van der Waals surface area contributed by atoms with Gasteiger partial charge >= 0.3 is 6.03 Å². The molecule has 26 heavy (non-hydrogen) atoms. The van der Waals surface area contributed by atoms with Crippen molar-refractivity contribution in [1.29, 1.82) is 0 Å². The summed E-state index contributed by atoms with van der Waals surface area (Å²) in [6.45, 7) is 6.02. The van der Waals surface area contributed by atoms with Gasteiger partial charge in [-0.05, 0) is 54.9 Å². The van der Waals surface area contributed by atoms with E-state index in [1.54, 1.807) is 24.3 Å². The molecular weight excluding hydrogens is 354 g/mol. The first-order chi connectivity index (χ1) is 12.1. The third-order valence-corrected chi connectivity index (χ3v) is 5.31. The Balaban J connectivity index is 1.71. The topological polar surface area (TPSA) is 78.5 Å². The molecule has 1 aromatic carbocycles. The van der Waals surface area contributed by atoms with Crippen molar-refractivity contribution in [2.75, 3.05) is 11.9 Å². The van der Waals surface area contributed by atoms with E-state index in [1.807, 2.05) is 0 Å². The molecule has 1 aliphatic heterocycles. The van der Waals surface area contributed by atoms with Crippen molar-refractivity contribution < 1.29 is 14.4 Å². The minimum atomic E-state index is -0.890. The van der Waals surface area contributed by atoms with Gasteiger partial charge < -0.3 is 10.6 Å². The van der Waals surface area contributed by atoms with Crippen LogP contribution in [0.15, 0.2) is 24.3 Å². The van der Waals surface area contributed by atoms with E-state index in [0.717, 1.165) is 11.3 Å². The maximum absolute atomic E-state index is 13.0. The number of anilines is 1. The largest absolute Gasteiger partial charge is 0.325 e. The van der Waals surface area contributed by atoms with Crippen molar-refractivity contribution in [2.45, 2.75) is 45.6 Å². The summed E-state index contributed by atoms with van der Waals surface area (Å²) >= 11 is 5.82. The molecule has 0 bridgehead atoms. The van der Waals surface area contributed by atoms with Gasteiger partial charge in [0.05, 0.1) is 0 Å². The van der Waals surface area contributed by atoms with Crippen LogP contribution in [0.1, 0.15) is 40.0 Å². The lowest BCUT2D eigenvalue weighted by atomic mass is 9.64. The van der Waals surface area contributed by atoms with E-state index in [0.29, 0.717) is 29.5 Å². The predicted molar refractivity (Wildman–Crippen MR) is 99.9 cm³/mol. The summed E-state index contributed by atoms with van der Waals surface area (Å²) in [5, 5.41) is 6.12. The number of carbonyl (C=O) groups is 3. The molecule has 1 heterocycles. The van der Waals surface area contributed by atoms with Crippen LogP contribution in [0.2, 0.25) is 5.02 Å². The highest BCUT2D eigenvalue weighted by Gasteiger charge is 2.56. The Hall–Kier alpha value is -2.08. The second-order valence-corrected chi connectivity index (χ2v) is 8.75. The van der Waals surface area contributed by atoms with Gasteiger partial charge in [-0.2, -0.15) is 0 Å². The number of imide groups is 1. The van der Waals surface area contributed by atoms with E-state index in [9.17, 15) is 14.4 Å². The van der Waals surface area contributed by atoms with Crippen molar-refractivity contribution in [2.24, 2.45) is 11.3 Å². The quantitative estimate of drug-likeness (QED) is 0.792. The van der Waals surface area contributed by atoms with Gasteiger partial charge in [0.25, 0.3) is 5.91 Å². The molecule has 2 atom stereocenters. The lowest BCUT2D eigenvalue weighted by Crippen LogP contribution is -2.54. The van der Waals surface area contributed by atoms with E-state index in [2.05, 4.69) is 31.4 Å². The summed E-state index contributed by atoms with van der Waals surface area (Å²) in [4.78, 5) is 38.7. The number of hydrogen-bond donors (Lipinski definition) is 2. The van der Waals surface area contributed by atoms with Gasteiger partial charge in [-0.3, -0.25) is 14.5 Å². The number of urea groups is 1. The standard InChI is InChI=1S/C19H24ClN3O3/c1-12-8-18(2,3)11-19(9-12)16(25)23(17(26)22-19)10-15(24)21-14-6-4-13(20)5-7-14/h4-7,12H,8-11H2,1-3H3,(H,21,24)(H,22,26)/t12-,19+/m0/s1. The first-order valence-electron chi connectivity index (χ1n) is 8.80. The first kappa shape index (κ1) is 18.7. The minimum absolute atomic E-state index is 0.0395. The summed E-state index contributed by atoms with van der Waals surface area (Å²) in [5.74, 6) is -0.393. The van der Waals surface area contributed by atoms with Crippen molar-refractivity contribution in [3.8, 4) is 0 Å². The maximum Gasteiger partial charge on any atom is 0.325 e. The number of rotatable bonds is 3. The second-order valence-electron chi connectivity index (χ2n) is 8.31. The Kier molecular flexibility index (Phi) is 4.73. The third-order valence-electron chi connectivity index (χ3n) is 5.05. The van der Waals surface area contributed by atoms with Crippen LogP contribution in [0.3, 0.4) is 0 Å². The fraction of sp³-hybridized carbons (Fsp3) is 0.526. The molecule has 1 saturated carbocycles. The Labute approximate surface area is 158 Å². The summed E-state index contributed by atoms with van der Waals surface area (Å²) < 4.78 is 0. The maximum atomic E-state index is 13.0. The molecular formula is C19H24ClN3O3. The Morgan fingerprint density at radius 1 is 1.27 bits per heavy atom. The van der Waals surface area contributed by atoms with Crippen LogP contribution in [0.25, 0.3) is 0 Å². The number of halogens is 1. The van der Waals surface area contributed by atoms with E-state index < -0.39 is 17.5 Å². The molecule has 2 aliphatic rings.